The second kappa shape index (κ2) is 10.2. The molecule has 0 atom stereocenters. The molecule has 0 aromatic heterocycles. The Balaban J connectivity index is 2.00. The summed E-state index contributed by atoms with van der Waals surface area (Å²) < 4.78 is 10.8. The fourth-order valence-corrected chi connectivity index (χ4v) is 2.52. The van der Waals surface area contributed by atoms with E-state index >= 15 is 0 Å². The molecule has 0 aliphatic rings. The summed E-state index contributed by atoms with van der Waals surface area (Å²) in [5, 5.41) is 13.6. The SMILES string of the molecule is CCCCCCOc1ccc(C(=O)Nc2cc([N+](=O)[O-])ccc2OC)cc1. The van der Waals surface area contributed by atoms with Crippen LogP contribution >= 0.6 is 0 Å². The van der Waals surface area contributed by atoms with Crippen molar-refractivity contribution in [2.75, 3.05) is 19.0 Å². The summed E-state index contributed by atoms with van der Waals surface area (Å²) in [6.45, 7) is 2.81. The van der Waals surface area contributed by atoms with Gasteiger partial charge in [0.15, 0.2) is 0 Å². The van der Waals surface area contributed by atoms with Crippen molar-refractivity contribution in [1.29, 1.82) is 0 Å². The molecule has 1 N–H and O–H groups in total. The van der Waals surface area contributed by atoms with E-state index in [1.165, 1.54) is 38.2 Å². The molecule has 2 aromatic rings. The summed E-state index contributed by atoms with van der Waals surface area (Å²) in [7, 11) is 1.43. The molecule has 0 spiro atoms. The van der Waals surface area contributed by atoms with Crippen LogP contribution in [0.15, 0.2) is 42.5 Å². The van der Waals surface area contributed by atoms with Gasteiger partial charge in [0.2, 0.25) is 0 Å². The Morgan fingerprint density at radius 2 is 1.85 bits per heavy atom. The van der Waals surface area contributed by atoms with Crippen molar-refractivity contribution in [3.63, 3.8) is 0 Å². The van der Waals surface area contributed by atoms with Crippen LogP contribution in [0.4, 0.5) is 11.4 Å². The van der Waals surface area contributed by atoms with Crippen LogP contribution in [0.1, 0.15) is 43.0 Å². The Bertz CT molecular complexity index is 774. The number of nitro benzene ring substituents is 1. The predicted octanol–water partition coefficient (Wildman–Crippen LogP) is 4.81. The average molecular weight is 372 g/mol. The minimum atomic E-state index is -0.526. The minimum Gasteiger partial charge on any atom is -0.495 e. The largest absolute Gasteiger partial charge is 0.495 e. The third kappa shape index (κ3) is 5.99. The zero-order valence-corrected chi connectivity index (χ0v) is 15.6. The predicted molar refractivity (Wildman–Crippen MR) is 104 cm³/mol. The summed E-state index contributed by atoms with van der Waals surface area (Å²) in [4.78, 5) is 22.8. The highest BCUT2D eigenvalue weighted by molar-refractivity contribution is 6.05. The standard InChI is InChI=1S/C20H24N2O5/c1-3-4-5-6-13-27-17-10-7-15(8-11-17)20(23)21-18-14-16(22(24)25)9-12-19(18)26-2/h7-12,14H,3-6,13H2,1-2H3,(H,21,23). The number of anilines is 1. The zero-order valence-electron chi connectivity index (χ0n) is 15.6. The number of nitrogens with one attached hydrogen (secondary N) is 1. The molecule has 0 heterocycles. The monoisotopic (exact) mass is 372 g/mol. The van der Waals surface area contributed by atoms with Gasteiger partial charge in [-0.1, -0.05) is 26.2 Å². The van der Waals surface area contributed by atoms with Crippen LogP contribution in [0, 0.1) is 10.1 Å². The Morgan fingerprint density at radius 1 is 1.11 bits per heavy atom. The topological polar surface area (TPSA) is 90.7 Å². The Kier molecular flexibility index (Phi) is 7.61. The number of non-ortho nitro benzene ring substituents is 1. The van der Waals surface area contributed by atoms with Gasteiger partial charge in [-0.25, -0.2) is 0 Å². The summed E-state index contributed by atoms with van der Waals surface area (Å²) in [5.41, 5.74) is 0.535. The van der Waals surface area contributed by atoms with Gasteiger partial charge in [-0.2, -0.15) is 0 Å². The quantitative estimate of drug-likeness (QED) is 0.367. The van der Waals surface area contributed by atoms with E-state index in [1.54, 1.807) is 24.3 Å². The van der Waals surface area contributed by atoms with Gasteiger partial charge in [0.25, 0.3) is 11.6 Å². The van der Waals surface area contributed by atoms with E-state index < -0.39 is 4.92 Å². The maximum Gasteiger partial charge on any atom is 0.271 e. The van der Waals surface area contributed by atoms with E-state index in [4.69, 9.17) is 9.47 Å². The summed E-state index contributed by atoms with van der Waals surface area (Å²) >= 11 is 0. The van der Waals surface area contributed by atoms with Crippen molar-refractivity contribution in [2.24, 2.45) is 0 Å². The molecule has 7 nitrogen and oxygen atoms in total. The lowest BCUT2D eigenvalue weighted by atomic mass is 10.2. The molecular weight excluding hydrogens is 348 g/mol. The molecule has 0 bridgehead atoms. The first-order valence-electron chi connectivity index (χ1n) is 8.91. The summed E-state index contributed by atoms with van der Waals surface area (Å²) in [5.74, 6) is 0.667. The minimum absolute atomic E-state index is 0.127. The molecule has 0 aliphatic heterocycles. The van der Waals surface area contributed by atoms with Gasteiger partial charge >= 0.3 is 0 Å². The van der Waals surface area contributed by atoms with E-state index in [0.29, 0.717) is 23.7 Å². The van der Waals surface area contributed by atoms with E-state index in [1.807, 2.05) is 0 Å². The lowest BCUT2D eigenvalue weighted by molar-refractivity contribution is -0.384. The first kappa shape index (κ1) is 20.2. The normalized spacial score (nSPS) is 10.3. The maximum absolute atomic E-state index is 12.4. The summed E-state index contributed by atoms with van der Waals surface area (Å²) in [6.07, 6.45) is 4.52. The number of rotatable bonds is 10. The zero-order chi connectivity index (χ0) is 19.6. The molecule has 0 unspecified atom stereocenters. The molecule has 27 heavy (non-hydrogen) atoms. The highest BCUT2D eigenvalue weighted by atomic mass is 16.6. The van der Waals surface area contributed by atoms with E-state index in [0.717, 1.165) is 12.8 Å². The molecular formula is C20H24N2O5. The van der Waals surface area contributed by atoms with Crippen molar-refractivity contribution in [2.45, 2.75) is 32.6 Å². The van der Waals surface area contributed by atoms with E-state index in [2.05, 4.69) is 12.2 Å². The molecule has 0 saturated carbocycles. The number of benzene rings is 2. The Hall–Kier alpha value is -3.09. The number of hydrogen-bond acceptors (Lipinski definition) is 5. The third-order valence-electron chi connectivity index (χ3n) is 4.03. The first-order valence-corrected chi connectivity index (χ1v) is 8.91. The molecule has 0 aliphatic carbocycles. The van der Waals surface area contributed by atoms with Crippen LogP contribution in [-0.2, 0) is 0 Å². The molecule has 1 amide bonds. The molecule has 2 rings (SSSR count). The number of ether oxygens (including phenoxy) is 2. The van der Waals surface area contributed by atoms with Crippen LogP contribution in [-0.4, -0.2) is 24.5 Å². The van der Waals surface area contributed by atoms with Crippen molar-refractivity contribution in [3.8, 4) is 11.5 Å². The van der Waals surface area contributed by atoms with Gasteiger partial charge < -0.3 is 14.8 Å². The summed E-state index contributed by atoms with van der Waals surface area (Å²) in [6, 6.07) is 10.8. The van der Waals surface area contributed by atoms with Crippen LogP contribution in [0.3, 0.4) is 0 Å². The average Bonchev–Trinajstić information content (AvgIpc) is 2.68. The van der Waals surface area contributed by atoms with Gasteiger partial charge in [-0.15, -0.1) is 0 Å². The van der Waals surface area contributed by atoms with Gasteiger partial charge in [0.1, 0.15) is 11.5 Å². The molecule has 0 fully saturated rings. The van der Waals surface area contributed by atoms with Crippen molar-refractivity contribution < 1.29 is 19.2 Å². The number of carbonyl (C=O) groups is 1. The molecule has 2 aromatic carbocycles. The van der Waals surface area contributed by atoms with Gasteiger partial charge in [0.05, 0.1) is 24.3 Å². The van der Waals surface area contributed by atoms with Crippen molar-refractivity contribution in [1.82, 2.24) is 0 Å². The number of amides is 1. The first-order chi connectivity index (χ1) is 13.0. The van der Waals surface area contributed by atoms with Crippen LogP contribution in [0.25, 0.3) is 0 Å². The number of carbonyl (C=O) groups excluding carboxylic acids is 1. The number of hydrogen-bond donors (Lipinski definition) is 1. The lowest BCUT2D eigenvalue weighted by Crippen LogP contribution is -2.13. The van der Waals surface area contributed by atoms with E-state index in [9.17, 15) is 14.9 Å². The van der Waals surface area contributed by atoms with Crippen LogP contribution in [0.2, 0.25) is 0 Å². The second-order valence-corrected chi connectivity index (χ2v) is 6.03. The second-order valence-electron chi connectivity index (χ2n) is 6.03. The van der Waals surface area contributed by atoms with E-state index in [-0.39, 0.29) is 17.3 Å². The lowest BCUT2D eigenvalue weighted by Gasteiger charge is -2.11. The van der Waals surface area contributed by atoms with Gasteiger partial charge in [-0.3, -0.25) is 14.9 Å². The van der Waals surface area contributed by atoms with Crippen molar-refractivity contribution in [3.05, 3.63) is 58.1 Å². The van der Waals surface area contributed by atoms with Gasteiger partial charge in [0, 0.05) is 17.7 Å². The third-order valence-corrected chi connectivity index (χ3v) is 4.03. The number of nitro groups is 1. The van der Waals surface area contributed by atoms with Crippen LogP contribution < -0.4 is 14.8 Å². The number of unbranched alkanes of at least 4 members (excludes halogenated alkanes) is 3. The fourth-order valence-electron chi connectivity index (χ4n) is 2.52. The Morgan fingerprint density at radius 3 is 2.48 bits per heavy atom. The molecule has 0 saturated heterocycles. The van der Waals surface area contributed by atoms with Crippen LogP contribution in [0.5, 0.6) is 11.5 Å². The molecule has 144 valence electrons. The fraction of sp³-hybridized carbons (Fsp3) is 0.350. The smallest absolute Gasteiger partial charge is 0.271 e. The molecule has 0 radical (unpaired) electrons. The number of nitrogens with zero attached hydrogens (tertiary/aromatic N) is 1. The Labute approximate surface area is 158 Å². The highest BCUT2D eigenvalue weighted by Crippen LogP contribution is 2.29. The highest BCUT2D eigenvalue weighted by Gasteiger charge is 2.14. The van der Waals surface area contributed by atoms with Crippen molar-refractivity contribution >= 4 is 17.3 Å². The number of methoxy groups -OCH3 is 1. The van der Waals surface area contributed by atoms with Gasteiger partial charge in [-0.05, 0) is 36.8 Å². The maximum atomic E-state index is 12.4. The molecule has 7 heteroatoms.